The van der Waals surface area contributed by atoms with E-state index < -0.39 is 0 Å². The standard InChI is InChI=1S/C30H50O2S2/c1-27(2,21-31)15-9-11-23-17-29(5,6)19-25(33-23)13-14-26-20-30(7,8)18-24(34-26)12-10-16-28(3,4)22-32/h17-20,31-32H,9-16,21-22H2,1-8H3. The molecule has 0 aromatic carbocycles. The van der Waals surface area contributed by atoms with Gasteiger partial charge < -0.3 is 10.2 Å². The van der Waals surface area contributed by atoms with Gasteiger partial charge in [-0.05, 0) is 81.8 Å². The van der Waals surface area contributed by atoms with E-state index in [9.17, 15) is 10.2 Å². The molecule has 4 heteroatoms. The van der Waals surface area contributed by atoms with Crippen LogP contribution in [0.5, 0.6) is 0 Å². The van der Waals surface area contributed by atoms with E-state index in [1.54, 1.807) is 0 Å². The van der Waals surface area contributed by atoms with Crippen molar-refractivity contribution in [3.63, 3.8) is 0 Å². The molecule has 0 fully saturated rings. The van der Waals surface area contributed by atoms with Crippen LogP contribution >= 0.6 is 23.5 Å². The molecule has 0 aromatic heterocycles. The highest BCUT2D eigenvalue weighted by Crippen LogP contribution is 2.47. The first-order chi connectivity index (χ1) is 15.6. The quantitative estimate of drug-likeness (QED) is 0.261. The predicted octanol–water partition coefficient (Wildman–Crippen LogP) is 9.23. The fourth-order valence-electron chi connectivity index (χ4n) is 4.58. The monoisotopic (exact) mass is 506 g/mol. The van der Waals surface area contributed by atoms with Crippen LogP contribution in [-0.4, -0.2) is 23.4 Å². The molecule has 0 aliphatic carbocycles. The van der Waals surface area contributed by atoms with Gasteiger partial charge in [-0.2, -0.15) is 0 Å². The van der Waals surface area contributed by atoms with E-state index >= 15 is 0 Å². The first-order valence-electron chi connectivity index (χ1n) is 13.1. The highest BCUT2D eigenvalue weighted by molar-refractivity contribution is 8.07. The Morgan fingerprint density at radius 1 is 0.588 bits per heavy atom. The molecule has 2 heterocycles. The number of aliphatic hydroxyl groups is 2. The maximum Gasteiger partial charge on any atom is 0.0482 e. The van der Waals surface area contributed by atoms with Crippen molar-refractivity contribution in [2.45, 2.75) is 107 Å². The maximum absolute atomic E-state index is 9.55. The fraction of sp³-hybridized carbons (Fsp3) is 0.733. The summed E-state index contributed by atoms with van der Waals surface area (Å²) in [6.45, 7) is 18.4. The molecule has 0 atom stereocenters. The lowest BCUT2D eigenvalue weighted by molar-refractivity contribution is 0.148. The molecule has 0 saturated heterocycles. The lowest BCUT2D eigenvalue weighted by Crippen LogP contribution is -2.16. The van der Waals surface area contributed by atoms with Crippen LogP contribution in [0.3, 0.4) is 0 Å². The molecule has 34 heavy (non-hydrogen) atoms. The summed E-state index contributed by atoms with van der Waals surface area (Å²) in [4.78, 5) is 6.00. The van der Waals surface area contributed by atoms with Crippen molar-refractivity contribution in [3.8, 4) is 0 Å². The van der Waals surface area contributed by atoms with Crippen molar-refractivity contribution in [2.75, 3.05) is 13.2 Å². The summed E-state index contributed by atoms with van der Waals surface area (Å²) in [5.74, 6) is 0. The molecule has 0 bridgehead atoms. The zero-order chi connectivity index (χ0) is 25.6. The lowest BCUT2D eigenvalue weighted by atomic mass is 9.87. The SMILES string of the molecule is CC1(C)C=C(CCCC(C)(C)CO)SC(CCC2=CC(C)(C)C=C(CCCC(C)(C)CO)S2)=C1. The summed E-state index contributed by atoms with van der Waals surface area (Å²) in [5.41, 5.74) is 0.260. The molecule has 2 aliphatic rings. The van der Waals surface area contributed by atoms with Gasteiger partial charge in [0, 0.05) is 24.0 Å². The second kappa shape index (κ2) is 12.2. The molecular formula is C30H50O2S2. The fourth-order valence-corrected chi connectivity index (χ4v) is 7.60. The maximum atomic E-state index is 9.55. The van der Waals surface area contributed by atoms with Gasteiger partial charge in [-0.1, -0.05) is 103 Å². The summed E-state index contributed by atoms with van der Waals surface area (Å²) < 4.78 is 0. The van der Waals surface area contributed by atoms with Crippen LogP contribution in [0.4, 0.5) is 0 Å². The van der Waals surface area contributed by atoms with Crippen molar-refractivity contribution in [2.24, 2.45) is 21.7 Å². The minimum absolute atomic E-state index is 0.0185. The summed E-state index contributed by atoms with van der Waals surface area (Å²) in [6, 6.07) is 0. The minimum atomic E-state index is 0.0185. The number of aliphatic hydroxyl groups excluding tert-OH is 2. The smallest absolute Gasteiger partial charge is 0.0482 e. The molecule has 194 valence electrons. The van der Waals surface area contributed by atoms with Crippen LogP contribution in [0.25, 0.3) is 0 Å². The number of hydrogen-bond donors (Lipinski definition) is 2. The van der Waals surface area contributed by atoms with Gasteiger partial charge in [0.1, 0.15) is 0 Å². The van der Waals surface area contributed by atoms with E-state index in [1.807, 2.05) is 23.5 Å². The van der Waals surface area contributed by atoms with Crippen LogP contribution in [0.2, 0.25) is 0 Å². The van der Waals surface area contributed by atoms with Gasteiger partial charge in [-0.25, -0.2) is 0 Å². The average Bonchev–Trinajstić information content (AvgIpc) is 2.70. The first-order valence-corrected chi connectivity index (χ1v) is 14.7. The molecule has 2 nitrogen and oxygen atoms in total. The summed E-state index contributed by atoms with van der Waals surface area (Å²) in [5, 5.41) is 19.1. The molecule has 0 amide bonds. The summed E-state index contributed by atoms with van der Waals surface area (Å²) in [6.07, 6.45) is 18.6. The van der Waals surface area contributed by atoms with Crippen LogP contribution in [0.1, 0.15) is 107 Å². The molecule has 0 unspecified atom stereocenters. The third-order valence-corrected chi connectivity index (χ3v) is 9.02. The Balaban J connectivity index is 1.92. The Morgan fingerprint density at radius 3 is 1.18 bits per heavy atom. The van der Waals surface area contributed by atoms with E-state index in [1.165, 1.54) is 19.6 Å². The van der Waals surface area contributed by atoms with Crippen LogP contribution in [0, 0.1) is 21.7 Å². The van der Waals surface area contributed by atoms with Gasteiger partial charge in [0.05, 0.1) is 0 Å². The molecule has 0 aromatic rings. The molecule has 2 aliphatic heterocycles. The second-order valence-corrected chi connectivity index (χ2v) is 15.6. The van der Waals surface area contributed by atoms with Gasteiger partial charge in [0.2, 0.25) is 0 Å². The Hall–Kier alpha value is -0.420. The van der Waals surface area contributed by atoms with Gasteiger partial charge in [0.15, 0.2) is 0 Å². The van der Waals surface area contributed by atoms with Gasteiger partial charge in [-0.15, -0.1) is 0 Å². The molecule has 0 radical (unpaired) electrons. The third kappa shape index (κ3) is 10.7. The zero-order valence-electron chi connectivity index (χ0n) is 23.1. The largest absolute Gasteiger partial charge is 0.396 e. The van der Waals surface area contributed by atoms with E-state index in [2.05, 4.69) is 79.7 Å². The van der Waals surface area contributed by atoms with Crippen molar-refractivity contribution >= 4 is 23.5 Å². The van der Waals surface area contributed by atoms with E-state index in [-0.39, 0.29) is 34.9 Å². The van der Waals surface area contributed by atoms with E-state index in [0.29, 0.717) is 0 Å². The summed E-state index contributed by atoms with van der Waals surface area (Å²) in [7, 11) is 0. The normalized spacial score (nSPS) is 20.4. The van der Waals surface area contributed by atoms with Crippen molar-refractivity contribution in [1.29, 1.82) is 0 Å². The van der Waals surface area contributed by atoms with Crippen molar-refractivity contribution < 1.29 is 10.2 Å². The van der Waals surface area contributed by atoms with Gasteiger partial charge >= 0.3 is 0 Å². The van der Waals surface area contributed by atoms with Gasteiger partial charge in [-0.3, -0.25) is 0 Å². The predicted molar refractivity (Wildman–Crippen MR) is 154 cm³/mol. The van der Waals surface area contributed by atoms with Crippen LogP contribution < -0.4 is 0 Å². The Labute approximate surface area is 218 Å². The lowest BCUT2D eigenvalue weighted by Gasteiger charge is -2.29. The molecular weight excluding hydrogens is 456 g/mol. The Bertz CT molecular complexity index is 742. The second-order valence-electron chi connectivity index (χ2n) is 13.1. The highest BCUT2D eigenvalue weighted by Gasteiger charge is 2.25. The number of allylic oxidation sites excluding steroid dienone is 8. The first kappa shape index (κ1) is 29.8. The molecule has 2 N–H and O–H groups in total. The minimum Gasteiger partial charge on any atom is -0.396 e. The number of hydrogen-bond acceptors (Lipinski definition) is 4. The van der Waals surface area contributed by atoms with Crippen LogP contribution in [0.15, 0.2) is 43.9 Å². The highest BCUT2D eigenvalue weighted by atomic mass is 32.2. The Morgan fingerprint density at radius 2 is 0.882 bits per heavy atom. The van der Waals surface area contributed by atoms with Crippen LogP contribution in [-0.2, 0) is 0 Å². The zero-order valence-corrected chi connectivity index (χ0v) is 24.7. The van der Waals surface area contributed by atoms with Gasteiger partial charge in [0.25, 0.3) is 0 Å². The van der Waals surface area contributed by atoms with Crippen molar-refractivity contribution in [3.05, 3.63) is 43.9 Å². The average molecular weight is 507 g/mol. The molecule has 2 rings (SSSR count). The summed E-state index contributed by atoms with van der Waals surface area (Å²) >= 11 is 3.97. The van der Waals surface area contributed by atoms with E-state index in [4.69, 9.17) is 0 Å². The third-order valence-electron chi connectivity index (χ3n) is 6.68. The number of thioether (sulfide) groups is 2. The molecule has 0 saturated carbocycles. The van der Waals surface area contributed by atoms with Crippen molar-refractivity contribution in [1.82, 2.24) is 0 Å². The Kier molecular flexibility index (Phi) is 10.7. The number of rotatable bonds is 13. The topological polar surface area (TPSA) is 40.5 Å². The van der Waals surface area contributed by atoms with E-state index in [0.717, 1.165) is 51.4 Å². The molecule has 0 spiro atoms.